The van der Waals surface area contributed by atoms with Crippen LogP contribution in [0.4, 0.5) is 0 Å². The van der Waals surface area contributed by atoms with E-state index in [0.29, 0.717) is 0 Å². The van der Waals surface area contributed by atoms with Crippen molar-refractivity contribution in [3.8, 4) is 16.8 Å². The van der Waals surface area contributed by atoms with Crippen molar-refractivity contribution in [1.29, 1.82) is 0 Å². The third-order valence-corrected chi connectivity index (χ3v) is 8.97. The smallest absolute Gasteiger partial charge is 0.139 e. The van der Waals surface area contributed by atoms with Crippen LogP contribution in [0.3, 0.4) is 0 Å². The van der Waals surface area contributed by atoms with E-state index in [-0.39, 0.29) is 0 Å². The van der Waals surface area contributed by atoms with Gasteiger partial charge in [-0.15, -0.1) is 0 Å². The number of hydrogen-bond donors (Lipinski definition) is 0. The molecule has 0 bridgehead atoms. The highest BCUT2D eigenvalue weighted by atomic mass is 16.3. The zero-order chi connectivity index (χ0) is 28.1. The standard InChI is InChI=1S/C40H23NO2/c1-2-8-25-19-26(14-13-24(25)7-1)27-15-17-37-31(20-27)33-22-34-32-21-28(16-18-38(32)43-40(34)23-39(33)42-37)41-35-11-5-3-9-29(35)30-10-4-6-12-36(30)41/h1-23H. The van der Waals surface area contributed by atoms with Crippen molar-refractivity contribution in [3.63, 3.8) is 0 Å². The van der Waals surface area contributed by atoms with Crippen LogP contribution in [0.1, 0.15) is 0 Å². The number of hydrogen-bond acceptors (Lipinski definition) is 2. The molecule has 0 aliphatic heterocycles. The highest BCUT2D eigenvalue weighted by molar-refractivity contribution is 6.16. The van der Waals surface area contributed by atoms with E-state index < -0.39 is 0 Å². The molecule has 10 aromatic rings. The lowest BCUT2D eigenvalue weighted by molar-refractivity contribution is 0.656. The second kappa shape index (κ2) is 8.37. The molecule has 0 N–H and O–H groups in total. The Morgan fingerprint density at radius 3 is 1.65 bits per heavy atom. The number of aromatic nitrogens is 1. The van der Waals surface area contributed by atoms with E-state index in [1.165, 1.54) is 43.7 Å². The molecular weight excluding hydrogens is 526 g/mol. The van der Waals surface area contributed by atoms with E-state index in [1.807, 2.05) is 6.07 Å². The highest BCUT2D eigenvalue weighted by Gasteiger charge is 2.17. The Bertz CT molecular complexity index is 2680. The van der Waals surface area contributed by atoms with Gasteiger partial charge in [0.1, 0.15) is 22.3 Å². The summed E-state index contributed by atoms with van der Waals surface area (Å²) >= 11 is 0. The van der Waals surface area contributed by atoms with Crippen molar-refractivity contribution in [2.24, 2.45) is 0 Å². The van der Waals surface area contributed by atoms with Gasteiger partial charge in [0.25, 0.3) is 0 Å². The molecule has 3 heterocycles. The number of benzene rings is 7. The second-order valence-electron chi connectivity index (χ2n) is 11.4. The van der Waals surface area contributed by atoms with E-state index in [0.717, 1.165) is 49.6 Å². The summed E-state index contributed by atoms with van der Waals surface area (Å²) in [4.78, 5) is 0. The van der Waals surface area contributed by atoms with Crippen LogP contribution in [0.15, 0.2) is 148 Å². The van der Waals surface area contributed by atoms with E-state index >= 15 is 0 Å². The fraction of sp³-hybridized carbons (Fsp3) is 0. The Hall–Kier alpha value is -5.80. The fourth-order valence-electron chi connectivity index (χ4n) is 6.92. The molecule has 10 rings (SSSR count). The van der Waals surface area contributed by atoms with E-state index in [4.69, 9.17) is 8.83 Å². The lowest BCUT2D eigenvalue weighted by Crippen LogP contribution is -1.93. The van der Waals surface area contributed by atoms with Gasteiger partial charge < -0.3 is 13.4 Å². The van der Waals surface area contributed by atoms with Crippen LogP contribution in [-0.2, 0) is 0 Å². The molecule has 0 saturated carbocycles. The molecular formula is C40H23NO2. The average Bonchev–Trinajstić information content (AvgIpc) is 3.71. The number of furan rings is 2. The Morgan fingerprint density at radius 1 is 0.349 bits per heavy atom. The summed E-state index contributed by atoms with van der Waals surface area (Å²) in [5, 5.41) is 9.37. The molecule has 0 aliphatic rings. The lowest BCUT2D eigenvalue weighted by atomic mass is 9.99. The highest BCUT2D eigenvalue weighted by Crippen LogP contribution is 2.40. The molecule has 0 fully saturated rings. The number of nitrogens with zero attached hydrogens (tertiary/aromatic N) is 1. The van der Waals surface area contributed by atoms with Crippen LogP contribution in [0.2, 0.25) is 0 Å². The van der Waals surface area contributed by atoms with Crippen molar-refractivity contribution in [3.05, 3.63) is 140 Å². The molecule has 0 aliphatic carbocycles. The third kappa shape index (κ3) is 3.25. The van der Waals surface area contributed by atoms with Gasteiger partial charge >= 0.3 is 0 Å². The minimum atomic E-state index is 0.829. The van der Waals surface area contributed by atoms with Crippen molar-refractivity contribution in [2.45, 2.75) is 0 Å². The predicted octanol–water partition coefficient (Wildman–Crippen LogP) is 11.4. The summed E-state index contributed by atoms with van der Waals surface area (Å²) in [7, 11) is 0. The summed E-state index contributed by atoms with van der Waals surface area (Å²) in [6, 6.07) is 49.6. The summed E-state index contributed by atoms with van der Waals surface area (Å²) < 4.78 is 15.1. The second-order valence-corrected chi connectivity index (χ2v) is 11.4. The first-order valence-electron chi connectivity index (χ1n) is 14.6. The predicted molar refractivity (Wildman–Crippen MR) is 178 cm³/mol. The zero-order valence-corrected chi connectivity index (χ0v) is 23.0. The SMILES string of the molecule is c1ccc2cc(-c3ccc4oc5cc6oc7ccc(-n8c9ccccc9c9ccccc98)cc7c6cc5c4c3)ccc2c1. The third-order valence-electron chi connectivity index (χ3n) is 8.97. The van der Waals surface area contributed by atoms with Gasteiger partial charge in [-0.25, -0.2) is 0 Å². The maximum Gasteiger partial charge on any atom is 0.139 e. The molecule has 3 heteroatoms. The Kier molecular flexibility index (Phi) is 4.45. The normalized spacial score (nSPS) is 12.2. The molecule has 0 unspecified atom stereocenters. The van der Waals surface area contributed by atoms with Crippen LogP contribution < -0.4 is 0 Å². The van der Waals surface area contributed by atoms with Crippen LogP contribution in [0.5, 0.6) is 0 Å². The number of rotatable bonds is 2. The molecule has 0 radical (unpaired) electrons. The van der Waals surface area contributed by atoms with Crippen molar-refractivity contribution in [1.82, 2.24) is 4.57 Å². The molecule has 0 amide bonds. The molecule has 3 aromatic heterocycles. The number of fused-ring (bicyclic) bond motifs is 10. The van der Waals surface area contributed by atoms with Crippen LogP contribution in [-0.4, -0.2) is 4.57 Å². The zero-order valence-electron chi connectivity index (χ0n) is 23.0. The van der Waals surface area contributed by atoms with Crippen LogP contribution in [0.25, 0.3) is 93.3 Å². The Labute approximate surface area is 245 Å². The lowest BCUT2D eigenvalue weighted by Gasteiger charge is -2.08. The Morgan fingerprint density at radius 2 is 0.907 bits per heavy atom. The van der Waals surface area contributed by atoms with E-state index in [9.17, 15) is 0 Å². The van der Waals surface area contributed by atoms with Gasteiger partial charge in [-0.3, -0.25) is 0 Å². The molecule has 0 spiro atoms. The van der Waals surface area contributed by atoms with Gasteiger partial charge in [-0.1, -0.05) is 78.9 Å². The molecule has 0 atom stereocenters. The van der Waals surface area contributed by atoms with Crippen LogP contribution >= 0.6 is 0 Å². The van der Waals surface area contributed by atoms with Gasteiger partial charge in [0, 0.05) is 44.1 Å². The molecule has 200 valence electrons. The first-order valence-corrected chi connectivity index (χ1v) is 14.6. The molecule has 0 saturated heterocycles. The summed E-state index contributed by atoms with van der Waals surface area (Å²) in [6.07, 6.45) is 0. The largest absolute Gasteiger partial charge is 0.456 e. The topological polar surface area (TPSA) is 31.2 Å². The van der Waals surface area contributed by atoms with Gasteiger partial charge in [-0.2, -0.15) is 0 Å². The molecule has 43 heavy (non-hydrogen) atoms. The number of para-hydroxylation sites is 2. The molecule has 3 nitrogen and oxygen atoms in total. The van der Waals surface area contributed by atoms with Crippen LogP contribution in [0, 0.1) is 0 Å². The van der Waals surface area contributed by atoms with Gasteiger partial charge in [0.05, 0.1) is 11.0 Å². The van der Waals surface area contributed by atoms with Gasteiger partial charge in [0.2, 0.25) is 0 Å². The van der Waals surface area contributed by atoms with E-state index in [2.05, 4.69) is 138 Å². The average molecular weight is 550 g/mol. The summed E-state index contributed by atoms with van der Waals surface area (Å²) in [5.41, 5.74) is 9.28. The summed E-state index contributed by atoms with van der Waals surface area (Å²) in [6.45, 7) is 0. The maximum absolute atomic E-state index is 6.37. The first-order chi connectivity index (χ1) is 21.3. The quantitative estimate of drug-likeness (QED) is 0.215. The van der Waals surface area contributed by atoms with Crippen molar-refractivity contribution in [2.75, 3.05) is 0 Å². The monoisotopic (exact) mass is 549 g/mol. The molecule has 7 aromatic carbocycles. The maximum atomic E-state index is 6.37. The van der Waals surface area contributed by atoms with Gasteiger partial charge in [-0.05, 0) is 76.5 Å². The summed E-state index contributed by atoms with van der Waals surface area (Å²) in [5.74, 6) is 0. The van der Waals surface area contributed by atoms with Gasteiger partial charge in [0.15, 0.2) is 0 Å². The fourth-order valence-corrected chi connectivity index (χ4v) is 6.92. The minimum absolute atomic E-state index is 0.829. The first kappa shape index (κ1) is 22.8. The van der Waals surface area contributed by atoms with E-state index in [1.54, 1.807) is 0 Å². The van der Waals surface area contributed by atoms with Crippen molar-refractivity contribution >= 4 is 76.5 Å². The van der Waals surface area contributed by atoms with Crippen molar-refractivity contribution < 1.29 is 8.83 Å². The minimum Gasteiger partial charge on any atom is -0.456 e. The Balaban J connectivity index is 1.19.